The zero-order valence-electron chi connectivity index (χ0n) is 14.0. The third-order valence-corrected chi connectivity index (χ3v) is 4.51. The fourth-order valence-corrected chi connectivity index (χ4v) is 3.23. The van der Waals surface area contributed by atoms with E-state index in [9.17, 15) is 4.39 Å². The maximum atomic E-state index is 13.0. The van der Waals surface area contributed by atoms with E-state index in [1.165, 1.54) is 18.0 Å². The van der Waals surface area contributed by atoms with Gasteiger partial charge in [0.25, 0.3) is 0 Å². The second-order valence-corrected chi connectivity index (χ2v) is 6.02. The van der Waals surface area contributed by atoms with Crippen molar-refractivity contribution in [1.29, 1.82) is 0 Å². The molecule has 0 radical (unpaired) electrons. The van der Waals surface area contributed by atoms with Gasteiger partial charge in [-0.25, -0.2) is 14.4 Å². The molecule has 1 aliphatic heterocycles. The molecule has 1 aliphatic rings. The van der Waals surface area contributed by atoms with Gasteiger partial charge < -0.3 is 14.4 Å². The Bertz CT molecular complexity index is 648. The number of hydrogen-bond acceptors (Lipinski definition) is 5. The van der Waals surface area contributed by atoms with Gasteiger partial charge in [-0.05, 0) is 30.5 Å². The SMILES string of the molecule is COc1ccc(C[C@H]2CN(c3ncc(F)cn3)CC[C@@H]2OC)cc1. The molecule has 1 aromatic carbocycles. The molecule has 0 N–H and O–H groups in total. The van der Waals surface area contributed by atoms with Crippen molar-refractivity contribution in [2.24, 2.45) is 5.92 Å². The highest BCUT2D eigenvalue weighted by Crippen LogP contribution is 2.26. The van der Waals surface area contributed by atoms with Crippen molar-refractivity contribution in [2.75, 3.05) is 32.2 Å². The highest BCUT2D eigenvalue weighted by molar-refractivity contribution is 5.31. The van der Waals surface area contributed by atoms with Crippen LogP contribution in [0.4, 0.5) is 10.3 Å². The van der Waals surface area contributed by atoms with Crippen LogP contribution in [0.3, 0.4) is 0 Å². The van der Waals surface area contributed by atoms with Gasteiger partial charge in [0, 0.05) is 26.1 Å². The van der Waals surface area contributed by atoms with Crippen molar-refractivity contribution in [3.63, 3.8) is 0 Å². The van der Waals surface area contributed by atoms with Crippen molar-refractivity contribution in [3.05, 3.63) is 48.0 Å². The molecule has 1 fully saturated rings. The monoisotopic (exact) mass is 331 g/mol. The van der Waals surface area contributed by atoms with Gasteiger partial charge in [0.15, 0.2) is 5.82 Å². The molecular weight excluding hydrogens is 309 g/mol. The fourth-order valence-electron chi connectivity index (χ4n) is 3.23. The predicted octanol–water partition coefficient (Wildman–Crippen LogP) is 2.71. The highest BCUT2D eigenvalue weighted by atomic mass is 19.1. The Balaban J connectivity index is 1.71. The molecule has 6 heteroatoms. The number of hydrogen-bond donors (Lipinski definition) is 0. The van der Waals surface area contributed by atoms with Crippen molar-refractivity contribution < 1.29 is 13.9 Å². The van der Waals surface area contributed by atoms with Crippen LogP contribution in [0.15, 0.2) is 36.7 Å². The smallest absolute Gasteiger partial charge is 0.225 e. The number of halogens is 1. The minimum absolute atomic E-state index is 0.198. The normalized spacial score (nSPS) is 20.9. The van der Waals surface area contributed by atoms with Crippen LogP contribution < -0.4 is 9.64 Å². The van der Waals surface area contributed by atoms with Crippen LogP contribution in [0.5, 0.6) is 5.75 Å². The van der Waals surface area contributed by atoms with E-state index in [4.69, 9.17) is 9.47 Å². The molecule has 1 saturated heterocycles. The van der Waals surface area contributed by atoms with Crippen molar-refractivity contribution in [2.45, 2.75) is 18.9 Å². The second-order valence-electron chi connectivity index (χ2n) is 6.02. The van der Waals surface area contributed by atoms with E-state index < -0.39 is 5.82 Å². The minimum Gasteiger partial charge on any atom is -0.497 e. The summed E-state index contributed by atoms with van der Waals surface area (Å²) in [6.07, 6.45) is 4.42. The van der Waals surface area contributed by atoms with E-state index in [1.54, 1.807) is 14.2 Å². The number of methoxy groups -OCH3 is 2. The van der Waals surface area contributed by atoms with Gasteiger partial charge in [0.2, 0.25) is 5.95 Å². The lowest BCUT2D eigenvalue weighted by Gasteiger charge is -2.38. The summed E-state index contributed by atoms with van der Waals surface area (Å²) in [5.74, 6) is 1.34. The Kier molecular flexibility index (Phi) is 5.25. The number of anilines is 1. The first-order chi connectivity index (χ1) is 11.7. The molecule has 0 spiro atoms. The third-order valence-electron chi connectivity index (χ3n) is 4.51. The number of rotatable bonds is 5. The molecule has 0 bridgehead atoms. The topological polar surface area (TPSA) is 47.5 Å². The zero-order chi connectivity index (χ0) is 16.9. The second kappa shape index (κ2) is 7.57. The number of benzene rings is 1. The lowest BCUT2D eigenvalue weighted by Crippen LogP contribution is -2.45. The number of aromatic nitrogens is 2. The van der Waals surface area contributed by atoms with Gasteiger partial charge in [-0.3, -0.25) is 0 Å². The summed E-state index contributed by atoms with van der Waals surface area (Å²) >= 11 is 0. The number of piperidine rings is 1. The molecule has 3 rings (SSSR count). The van der Waals surface area contributed by atoms with Crippen molar-refractivity contribution in [3.8, 4) is 5.75 Å². The number of nitrogens with zero attached hydrogens (tertiary/aromatic N) is 3. The Labute approximate surface area is 141 Å². The lowest BCUT2D eigenvalue weighted by molar-refractivity contribution is 0.0374. The molecule has 0 unspecified atom stereocenters. The highest BCUT2D eigenvalue weighted by Gasteiger charge is 2.30. The van der Waals surface area contributed by atoms with E-state index in [0.717, 1.165) is 31.7 Å². The molecule has 5 nitrogen and oxygen atoms in total. The molecular formula is C18H22FN3O2. The summed E-state index contributed by atoms with van der Waals surface area (Å²) in [4.78, 5) is 10.3. The van der Waals surface area contributed by atoms with Crippen LogP contribution in [0.2, 0.25) is 0 Å². The average Bonchev–Trinajstić information content (AvgIpc) is 2.63. The van der Waals surface area contributed by atoms with Crippen LogP contribution in [-0.4, -0.2) is 43.4 Å². The van der Waals surface area contributed by atoms with Gasteiger partial charge in [-0.15, -0.1) is 0 Å². The first kappa shape index (κ1) is 16.6. The largest absolute Gasteiger partial charge is 0.497 e. The predicted molar refractivity (Wildman–Crippen MR) is 89.8 cm³/mol. The molecule has 2 heterocycles. The zero-order valence-corrected chi connectivity index (χ0v) is 14.0. The van der Waals surface area contributed by atoms with E-state index in [0.29, 0.717) is 11.9 Å². The maximum Gasteiger partial charge on any atom is 0.225 e. The van der Waals surface area contributed by atoms with Crippen LogP contribution >= 0.6 is 0 Å². The molecule has 0 aliphatic carbocycles. The lowest BCUT2D eigenvalue weighted by atomic mass is 9.88. The molecule has 128 valence electrons. The number of ether oxygens (including phenoxy) is 2. The molecule has 2 atom stereocenters. The Morgan fingerprint density at radius 1 is 1.17 bits per heavy atom. The van der Waals surface area contributed by atoms with Gasteiger partial charge in [-0.1, -0.05) is 12.1 Å². The van der Waals surface area contributed by atoms with Gasteiger partial charge in [0.05, 0.1) is 25.6 Å². The van der Waals surface area contributed by atoms with E-state index in [2.05, 4.69) is 27.0 Å². The van der Waals surface area contributed by atoms with Gasteiger partial charge >= 0.3 is 0 Å². The van der Waals surface area contributed by atoms with E-state index in [-0.39, 0.29) is 6.10 Å². The van der Waals surface area contributed by atoms with Crippen molar-refractivity contribution >= 4 is 5.95 Å². The molecule has 2 aromatic rings. The molecule has 0 saturated carbocycles. The van der Waals surface area contributed by atoms with Crippen LogP contribution in [0, 0.1) is 11.7 Å². The Hall–Kier alpha value is -2.21. The third kappa shape index (κ3) is 3.82. The minimum atomic E-state index is -0.416. The first-order valence-electron chi connectivity index (χ1n) is 8.08. The maximum absolute atomic E-state index is 13.0. The summed E-state index contributed by atoms with van der Waals surface area (Å²) < 4.78 is 23.9. The van der Waals surface area contributed by atoms with Crippen LogP contribution in [0.1, 0.15) is 12.0 Å². The Morgan fingerprint density at radius 2 is 1.88 bits per heavy atom. The average molecular weight is 331 g/mol. The summed E-state index contributed by atoms with van der Waals surface area (Å²) in [5.41, 5.74) is 1.24. The summed E-state index contributed by atoms with van der Waals surface area (Å²) in [6.45, 7) is 1.60. The Morgan fingerprint density at radius 3 is 2.50 bits per heavy atom. The summed E-state index contributed by atoms with van der Waals surface area (Å²) in [6, 6.07) is 8.11. The van der Waals surface area contributed by atoms with Crippen LogP contribution in [-0.2, 0) is 11.2 Å². The van der Waals surface area contributed by atoms with Gasteiger partial charge in [0.1, 0.15) is 5.75 Å². The fraction of sp³-hybridized carbons (Fsp3) is 0.444. The summed E-state index contributed by atoms with van der Waals surface area (Å²) in [5, 5.41) is 0. The molecule has 0 amide bonds. The molecule has 1 aromatic heterocycles. The van der Waals surface area contributed by atoms with E-state index >= 15 is 0 Å². The van der Waals surface area contributed by atoms with E-state index in [1.807, 2.05) is 12.1 Å². The van der Waals surface area contributed by atoms with Crippen molar-refractivity contribution in [1.82, 2.24) is 9.97 Å². The van der Waals surface area contributed by atoms with Gasteiger partial charge in [-0.2, -0.15) is 0 Å². The first-order valence-corrected chi connectivity index (χ1v) is 8.08. The van der Waals surface area contributed by atoms with Crippen LogP contribution in [0.25, 0.3) is 0 Å². The quantitative estimate of drug-likeness (QED) is 0.843. The summed E-state index contributed by atoms with van der Waals surface area (Å²) in [7, 11) is 3.42. The standard InChI is InChI=1S/C18H22FN3O2/c1-23-16-5-3-13(4-6-16)9-14-12-22(8-7-17(14)24-2)18-20-10-15(19)11-21-18/h3-6,10-11,14,17H,7-9,12H2,1-2H3/t14-,17-/m0/s1. The molecule has 24 heavy (non-hydrogen) atoms.